The van der Waals surface area contributed by atoms with Crippen LogP contribution in [0.4, 0.5) is 0 Å². The third kappa shape index (κ3) is 4.71. The monoisotopic (exact) mass is 434 g/mol. The van der Waals surface area contributed by atoms with Crippen LogP contribution in [0.25, 0.3) is 0 Å². The van der Waals surface area contributed by atoms with E-state index in [0.29, 0.717) is 11.5 Å². The molecule has 0 spiro atoms. The molecule has 7 nitrogen and oxygen atoms in total. The van der Waals surface area contributed by atoms with Gasteiger partial charge in [-0.3, -0.25) is 9.48 Å². The van der Waals surface area contributed by atoms with E-state index in [1.807, 2.05) is 27.9 Å². The zero-order valence-corrected chi connectivity index (χ0v) is 18.4. The van der Waals surface area contributed by atoms with Crippen molar-refractivity contribution in [2.45, 2.75) is 70.6 Å². The molecule has 168 valence electrons. The summed E-state index contributed by atoms with van der Waals surface area (Å²) in [4.78, 5) is 15.1. The molecule has 5 rings (SSSR count). The Labute approximate surface area is 188 Å². The standard InChI is InChI=1S/C25H30N4O3/c30-25(29-14-4-3-8-21(29)11-15-28-13-5-12-26-28)24-17-23(32-27-24)18-31-22-10-9-19-6-1-2-7-20(19)16-22/h5,9-10,12-13,16-17,21H,1-4,6-8,11,14-15,18H2/t21-/m0/s1. The van der Waals surface area contributed by atoms with Crippen molar-refractivity contribution < 1.29 is 14.1 Å². The zero-order valence-electron chi connectivity index (χ0n) is 18.4. The van der Waals surface area contributed by atoms with E-state index in [4.69, 9.17) is 9.26 Å². The predicted molar refractivity (Wildman–Crippen MR) is 119 cm³/mol. The lowest BCUT2D eigenvalue weighted by Gasteiger charge is -2.35. The number of aryl methyl sites for hydroxylation is 3. The molecule has 3 aromatic rings. The van der Waals surface area contributed by atoms with Crippen molar-refractivity contribution in [3.8, 4) is 5.75 Å². The number of benzene rings is 1. The van der Waals surface area contributed by atoms with Crippen LogP contribution in [0.5, 0.6) is 5.75 Å². The van der Waals surface area contributed by atoms with Crippen LogP contribution < -0.4 is 4.74 Å². The zero-order chi connectivity index (χ0) is 21.8. The fourth-order valence-electron chi connectivity index (χ4n) is 4.87. The molecule has 3 heterocycles. The van der Waals surface area contributed by atoms with Crippen LogP contribution in [0, 0.1) is 0 Å². The maximum atomic E-state index is 13.2. The summed E-state index contributed by atoms with van der Waals surface area (Å²) in [6.45, 7) is 1.83. The van der Waals surface area contributed by atoms with E-state index in [-0.39, 0.29) is 18.6 Å². The second-order valence-corrected chi connectivity index (χ2v) is 8.81. The van der Waals surface area contributed by atoms with Gasteiger partial charge in [0.25, 0.3) is 5.91 Å². The Hall–Kier alpha value is -3.09. The van der Waals surface area contributed by atoms with Crippen molar-refractivity contribution in [3.05, 3.63) is 65.3 Å². The highest BCUT2D eigenvalue weighted by atomic mass is 16.5. The van der Waals surface area contributed by atoms with Crippen molar-refractivity contribution in [1.82, 2.24) is 19.8 Å². The predicted octanol–water partition coefficient (Wildman–Crippen LogP) is 4.41. The molecule has 1 saturated heterocycles. The van der Waals surface area contributed by atoms with Gasteiger partial charge in [0.2, 0.25) is 0 Å². The lowest BCUT2D eigenvalue weighted by atomic mass is 9.92. The third-order valence-corrected chi connectivity index (χ3v) is 6.62. The van der Waals surface area contributed by atoms with E-state index in [1.54, 1.807) is 12.3 Å². The molecule has 0 N–H and O–H groups in total. The maximum absolute atomic E-state index is 13.2. The molecule has 2 aromatic heterocycles. The topological polar surface area (TPSA) is 73.4 Å². The average molecular weight is 435 g/mol. The quantitative estimate of drug-likeness (QED) is 0.551. The van der Waals surface area contributed by atoms with E-state index in [9.17, 15) is 4.79 Å². The molecule has 32 heavy (non-hydrogen) atoms. The molecule has 7 heteroatoms. The van der Waals surface area contributed by atoms with Gasteiger partial charge in [0.05, 0.1) is 0 Å². The summed E-state index contributed by atoms with van der Waals surface area (Å²) < 4.78 is 13.3. The van der Waals surface area contributed by atoms with E-state index in [0.717, 1.165) is 57.4 Å². The van der Waals surface area contributed by atoms with Gasteiger partial charge in [-0.25, -0.2) is 0 Å². The molecule has 1 atom stereocenters. The van der Waals surface area contributed by atoms with Crippen molar-refractivity contribution >= 4 is 5.91 Å². The molecule has 1 aliphatic carbocycles. The van der Waals surface area contributed by atoms with Crippen molar-refractivity contribution in [2.75, 3.05) is 6.54 Å². The number of likely N-dealkylation sites (tertiary alicyclic amines) is 1. The molecule has 0 bridgehead atoms. The minimum Gasteiger partial charge on any atom is -0.486 e. The molecule has 0 saturated carbocycles. The van der Waals surface area contributed by atoms with Gasteiger partial charge in [-0.2, -0.15) is 5.10 Å². The molecular formula is C25H30N4O3. The first-order valence-electron chi connectivity index (χ1n) is 11.7. The Morgan fingerprint density at radius 2 is 2.03 bits per heavy atom. The maximum Gasteiger partial charge on any atom is 0.276 e. The third-order valence-electron chi connectivity index (χ3n) is 6.62. The number of piperidine rings is 1. The van der Waals surface area contributed by atoms with Crippen LogP contribution in [-0.4, -0.2) is 38.3 Å². The number of carbonyl (C=O) groups excluding carboxylic acids is 1. The summed E-state index contributed by atoms with van der Waals surface area (Å²) in [7, 11) is 0. The summed E-state index contributed by atoms with van der Waals surface area (Å²) >= 11 is 0. The highest BCUT2D eigenvalue weighted by molar-refractivity contribution is 5.92. The van der Waals surface area contributed by atoms with Crippen LogP contribution >= 0.6 is 0 Å². The summed E-state index contributed by atoms with van der Waals surface area (Å²) in [5, 5.41) is 8.33. The second-order valence-electron chi connectivity index (χ2n) is 8.81. The summed E-state index contributed by atoms with van der Waals surface area (Å²) in [5.41, 5.74) is 3.17. The molecule has 1 aliphatic heterocycles. The number of amides is 1. The minimum atomic E-state index is -0.0565. The molecule has 1 amide bonds. The van der Waals surface area contributed by atoms with E-state index < -0.39 is 0 Å². The van der Waals surface area contributed by atoms with Gasteiger partial charge >= 0.3 is 0 Å². The first-order chi connectivity index (χ1) is 15.8. The largest absolute Gasteiger partial charge is 0.486 e. The van der Waals surface area contributed by atoms with Gasteiger partial charge in [-0.1, -0.05) is 11.2 Å². The van der Waals surface area contributed by atoms with Crippen molar-refractivity contribution in [3.63, 3.8) is 0 Å². The summed E-state index contributed by atoms with van der Waals surface area (Å²) in [6.07, 6.45) is 12.6. The Kier molecular flexibility index (Phi) is 6.23. The van der Waals surface area contributed by atoms with Crippen LogP contribution in [0.3, 0.4) is 0 Å². The van der Waals surface area contributed by atoms with Crippen molar-refractivity contribution in [1.29, 1.82) is 0 Å². The van der Waals surface area contributed by atoms with Gasteiger partial charge in [-0.05, 0) is 80.7 Å². The number of nitrogens with zero attached hydrogens (tertiary/aromatic N) is 4. The lowest BCUT2D eigenvalue weighted by Crippen LogP contribution is -2.44. The molecule has 1 aromatic carbocycles. The first kappa shape index (κ1) is 20.8. The Morgan fingerprint density at radius 3 is 2.91 bits per heavy atom. The van der Waals surface area contributed by atoms with Crippen LogP contribution in [0.2, 0.25) is 0 Å². The summed E-state index contributed by atoms with van der Waals surface area (Å²) in [5.74, 6) is 1.35. The molecule has 0 unspecified atom stereocenters. The number of fused-ring (bicyclic) bond motifs is 1. The first-order valence-corrected chi connectivity index (χ1v) is 11.7. The van der Waals surface area contributed by atoms with Crippen LogP contribution in [0.1, 0.15) is 65.9 Å². The van der Waals surface area contributed by atoms with Crippen LogP contribution in [0.15, 0.2) is 47.2 Å². The highest BCUT2D eigenvalue weighted by Gasteiger charge is 2.29. The second kappa shape index (κ2) is 9.59. The number of hydrogen-bond donors (Lipinski definition) is 0. The fourth-order valence-corrected chi connectivity index (χ4v) is 4.87. The van der Waals surface area contributed by atoms with E-state index in [1.165, 1.54) is 24.0 Å². The fraction of sp³-hybridized carbons (Fsp3) is 0.480. The Morgan fingerprint density at radius 1 is 1.12 bits per heavy atom. The van der Waals surface area contributed by atoms with Gasteiger partial charge in [0, 0.05) is 37.6 Å². The smallest absolute Gasteiger partial charge is 0.276 e. The Balaban J connectivity index is 1.20. The van der Waals surface area contributed by atoms with Gasteiger partial charge < -0.3 is 14.2 Å². The van der Waals surface area contributed by atoms with Crippen molar-refractivity contribution in [2.24, 2.45) is 0 Å². The Bertz CT molecular complexity index is 1040. The van der Waals surface area contributed by atoms with Crippen LogP contribution in [-0.2, 0) is 26.0 Å². The summed E-state index contributed by atoms with van der Waals surface area (Å²) in [6, 6.07) is 10.2. The minimum absolute atomic E-state index is 0.0565. The molecule has 0 radical (unpaired) electrons. The number of rotatable bonds is 7. The number of aromatic nitrogens is 3. The van der Waals surface area contributed by atoms with E-state index >= 15 is 0 Å². The van der Waals surface area contributed by atoms with E-state index in [2.05, 4.69) is 22.4 Å². The number of hydrogen-bond acceptors (Lipinski definition) is 5. The average Bonchev–Trinajstić information content (AvgIpc) is 3.53. The van der Waals surface area contributed by atoms with Gasteiger partial charge in [0.1, 0.15) is 12.4 Å². The number of carbonyl (C=O) groups is 1. The SMILES string of the molecule is O=C(c1cc(COc2ccc3c(c2)CCCC3)on1)N1CCCC[C@H]1CCn1cccn1. The lowest BCUT2D eigenvalue weighted by molar-refractivity contribution is 0.0583. The van der Waals surface area contributed by atoms with Gasteiger partial charge in [0.15, 0.2) is 11.5 Å². The van der Waals surface area contributed by atoms with Gasteiger partial charge in [-0.15, -0.1) is 0 Å². The normalized spacial score (nSPS) is 18.4. The number of ether oxygens (including phenoxy) is 1. The molecule has 2 aliphatic rings. The highest BCUT2D eigenvalue weighted by Crippen LogP contribution is 2.26. The molecular weight excluding hydrogens is 404 g/mol. The molecule has 1 fully saturated rings.